The molecule has 1 heterocycles. The number of rotatable bonds is 3. The molecule has 162 valence electrons. The van der Waals surface area contributed by atoms with Crippen LogP contribution in [0.5, 0.6) is 0 Å². The Morgan fingerprint density at radius 2 is 1.69 bits per heavy atom. The van der Waals surface area contributed by atoms with Crippen molar-refractivity contribution in [2.75, 3.05) is 0 Å². The van der Waals surface area contributed by atoms with Gasteiger partial charge >= 0.3 is 12.1 Å². The Morgan fingerprint density at radius 3 is 2.38 bits per heavy atom. The monoisotopic (exact) mass is 462 g/mol. The number of carbonyl (C=O) groups excluding carboxylic acids is 1. The fourth-order valence-electron chi connectivity index (χ4n) is 3.37. The van der Waals surface area contributed by atoms with Gasteiger partial charge in [0.25, 0.3) is 5.91 Å². The number of carbonyl (C=O) groups is 2. The van der Waals surface area contributed by atoms with E-state index in [-0.39, 0.29) is 27.7 Å². The summed E-state index contributed by atoms with van der Waals surface area (Å²) in [6.45, 7) is 0. The first-order valence-electron chi connectivity index (χ1n) is 9.01. The second-order valence-electron chi connectivity index (χ2n) is 6.75. The zero-order valence-electron chi connectivity index (χ0n) is 15.8. The molecule has 0 saturated carbocycles. The molecule has 4 rings (SSSR count). The lowest BCUT2D eigenvalue weighted by atomic mass is 10.0. The van der Waals surface area contributed by atoms with Gasteiger partial charge in [-0.25, -0.2) is 9.18 Å². The van der Waals surface area contributed by atoms with Crippen LogP contribution in [0.3, 0.4) is 0 Å². The lowest BCUT2D eigenvalue weighted by Gasteiger charge is -2.13. The summed E-state index contributed by atoms with van der Waals surface area (Å²) in [6.07, 6.45) is -4.87. The van der Waals surface area contributed by atoms with Gasteiger partial charge < -0.3 is 5.11 Å². The molecule has 32 heavy (non-hydrogen) atoms. The molecule has 5 nitrogen and oxygen atoms in total. The van der Waals surface area contributed by atoms with Crippen molar-refractivity contribution in [3.63, 3.8) is 0 Å². The molecule has 1 N–H and O–H groups in total. The van der Waals surface area contributed by atoms with E-state index >= 15 is 0 Å². The average molecular weight is 463 g/mol. The number of aromatic nitrogens is 2. The molecule has 0 aliphatic rings. The predicted molar refractivity (Wildman–Crippen MR) is 108 cm³/mol. The first-order chi connectivity index (χ1) is 15.1. The number of halogens is 5. The number of benzene rings is 3. The van der Waals surface area contributed by atoms with Crippen LogP contribution in [-0.2, 0) is 6.18 Å². The number of nitrogens with zero attached hydrogens (tertiary/aromatic N) is 2. The van der Waals surface area contributed by atoms with E-state index in [0.717, 1.165) is 18.2 Å². The summed E-state index contributed by atoms with van der Waals surface area (Å²) in [5.74, 6) is -3.23. The molecular formula is C22H11ClF4N2O3. The van der Waals surface area contributed by atoms with Crippen molar-refractivity contribution in [2.24, 2.45) is 0 Å². The van der Waals surface area contributed by atoms with Crippen molar-refractivity contribution in [3.8, 4) is 11.3 Å². The van der Waals surface area contributed by atoms with Gasteiger partial charge in [-0.2, -0.15) is 23.0 Å². The zero-order valence-corrected chi connectivity index (χ0v) is 16.6. The molecule has 0 spiro atoms. The minimum Gasteiger partial charge on any atom is -0.478 e. The summed E-state index contributed by atoms with van der Waals surface area (Å²) in [5, 5.41) is 12.7. The summed E-state index contributed by atoms with van der Waals surface area (Å²) in [5.41, 5.74) is -2.24. The molecule has 0 fully saturated rings. The summed E-state index contributed by atoms with van der Waals surface area (Å²) < 4.78 is 55.9. The van der Waals surface area contributed by atoms with E-state index in [1.165, 1.54) is 36.4 Å². The highest BCUT2D eigenvalue weighted by atomic mass is 35.5. The summed E-state index contributed by atoms with van der Waals surface area (Å²) in [7, 11) is 0. The number of carboxylic acid groups (broad SMARTS) is 1. The molecular weight excluding hydrogens is 452 g/mol. The molecule has 0 saturated heterocycles. The van der Waals surface area contributed by atoms with E-state index in [0.29, 0.717) is 10.7 Å². The van der Waals surface area contributed by atoms with Crippen LogP contribution in [0.4, 0.5) is 17.6 Å². The van der Waals surface area contributed by atoms with Gasteiger partial charge in [0.15, 0.2) is 0 Å². The van der Waals surface area contributed by atoms with Crippen molar-refractivity contribution in [1.82, 2.24) is 9.78 Å². The van der Waals surface area contributed by atoms with Crippen LogP contribution >= 0.6 is 11.6 Å². The van der Waals surface area contributed by atoms with Crippen LogP contribution in [0.2, 0.25) is 5.02 Å². The second kappa shape index (κ2) is 7.76. The molecule has 0 aliphatic carbocycles. The zero-order chi connectivity index (χ0) is 23.2. The fourth-order valence-corrected chi connectivity index (χ4v) is 3.62. The van der Waals surface area contributed by atoms with E-state index < -0.39 is 40.0 Å². The summed E-state index contributed by atoms with van der Waals surface area (Å²) >= 11 is 5.94. The normalized spacial score (nSPS) is 11.7. The van der Waals surface area contributed by atoms with Gasteiger partial charge in [-0.15, -0.1) is 0 Å². The summed E-state index contributed by atoms with van der Waals surface area (Å²) in [6, 6.07) is 12.0. The second-order valence-corrected chi connectivity index (χ2v) is 7.15. The Labute approximate surface area is 182 Å². The lowest BCUT2D eigenvalue weighted by Crippen LogP contribution is -2.20. The Balaban J connectivity index is 2.00. The smallest absolute Gasteiger partial charge is 0.417 e. The Morgan fingerprint density at radius 1 is 1.00 bits per heavy atom. The van der Waals surface area contributed by atoms with Crippen molar-refractivity contribution in [1.29, 1.82) is 0 Å². The van der Waals surface area contributed by atoms with Gasteiger partial charge in [-0.05, 0) is 36.4 Å². The van der Waals surface area contributed by atoms with Gasteiger partial charge in [0, 0.05) is 5.56 Å². The minimum absolute atomic E-state index is 0.0984. The molecule has 10 heteroatoms. The molecule has 0 radical (unpaired) electrons. The number of alkyl halides is 3. The molecule has 0 unspecified atom stereocenters. The maximum absolute atomic E-state index is 14.7. The highest BCUT2D eigenvalue weighted by molar-refractivity contribution is 6.34. The molecule has 0 atom stereocenters. The molecule has 4 aromatic rings. The highest BCUT2D eigenvalue weighted by Gasteiger charge is 2.37. The van der Waals surface area contributed by atoms with Gasteiger partial charge in [0.2, 0.25) is 0 Å². The van der Waals surface area contributed by atoms with Gasteiger partial charge in [-0.1, -0.05) is 35.9 Å². The van der Waals surface area contributed by atoms with Crippen LogP contribution in [0.15, 0.2) is 60.7 Å². The SMILES string of the molecule is O=C(O)c1cccc(-c2nn(C(=O)c3c(Cl)cccc3C(F)(F)F)c3cccc(F)c23)c1. The van der Waals surface area contributed by atoms with Crippen LogP contribution < -0.4 is 0 Å². The van der Waals surface area contributed by atoms with Crippen LogP contribution in [0.1, 0.15) is 26.3 Å². The Kier molecular flexibility index (Phi) is 5.21. The molecule has 3 aromatic carbocycles. The van der Waals surface area contributed by atoms with E-state index in [2.05, 4.69) is 5.10 Å². The maximum atomic E-state index is 14.7. The third kappa shape index (κ3) is 3.60. The molecule has 0 bridgehead atoms. The van der Waals surface area contributed by atoms with Crippen LogP contribution in [0.25, 0.3) is 22.2 Å². The first kappa shape index (κ1) is 21.5. The predicted octanol–water partition coefficient (Wildman–Crippen LogP) is 5.90. The quantitative estimate of drug-likeness (QED) is 0.385. The maximum Gasteiger partial charge on any atom is 0.417 e. The third-order valence-electron chi connectivity index (χ3n) is 4.76. The van der Waals surface area contributed by atoms with Crippen LogP contribution in [0, 0.1) is 5.82 Å². The van der Waals surface area contributed by atoms with Gasteiger partial charge in [0.05, 0.1) is 32.6 Å². The summed E-state index contributed by atoms with van der Waals surface area (Å²) in [4.78, 5) is 24.5. The van der Waals surface area contributed by atoms with E-state index in [4.69, 9.17) is 11.6 Å². The number of hydrogen-bond donors (Lipinski definition) is 1. The molecule has 0 amide bonds. The lowest BCUT2D eigenvalue weighted by molar-refractivity contribution is -0.137. The van der Waals surface area contributed by atoms with E-state index in [1.807, 2.05) is 0 Å². The minimum atomic E-state index is -4.87. The molecule has 1 aromatic heterocycles. The van der Waals surface area contributed by atoms with Gasteiger partial charge in [-0.3, -0.25) is 4.79 Å². The Bertz CT molecular complexity index is 1400. The third-order valence-corrected chi connectivity index (χ3v) is 5.08. The van der Waals surface area contributed by atoms with Crippen molar-refractivity contribution in [2.45, 2.75) is 6.18 Å². The van der Waals surface area contributed by atoms with E-state index in [9.17, 15) is 32.3 Å². The number of hydrogen-bond acceptors (Lipinski definition) is 3. The van der Waals surface area contributed by atoms with E-state index in [1.54, 1.807) is 0 Å². The number of carboxylic acids is 1. The van der Waals surface area contributed by atoms with Gasteiger partial charge in [0.1, 0.15) is 11.5 Å². The topological polar surface area (TPSA) is 72.2 Å². The fraction of sp³-hybridized carbons (Fsp3) is 0.0455. The largest absolute Gasteiger partial charge is 0.478 e. The first-order valence-corrected chi connectivity index (χ1v) is 9.38. The van der Waals surface area contributed by atoms with Crippen molar-refractivity contribution >= 4 is 34.4 Å². The number of aromatic carboxylic acids is 1. The van der Waals surface area contributed by atoms with Crippen molar-refractivity contribution < 1.29 is 32.3 Å². The number of fused-ring (bicyclic) bond motifs is 1. The Hall–Kier alpha value is -3.72. The molecule has 0 aliphatic heterocycles. The standard InChI is InChI=1S/C22H11ClF4N2O3/c23-14-7-2-6-13(22(25,26)27)17(14)20(30)29-16-9-3-8-15(24)18(16)19(28-29)11-4-1-5-12(10-11)21(31)32/h1-10H,(H,31,32). The average Bonchev–Trinajstić information content (AvgIpc) is 3.13. The van der Waals surface area contributed by atoms with Crippen LogP contribution in [-0.4, -0.2) is 26.8 Å². The highest BCUT2D eigenvalue weighted by Crippen LogP contribution is 2.37. The van der Waals surface area contributed by atoms with Crippen molar-refractivity contribution in [3.05, 3.63) is 88.2 Å².